The van der Waals surface area contributed by atoms with Crippen molar-refractivity contribution >= 4 is 5.91 Å². The van der Waals surface area contributed by atoms with Gasteiger partial charge in [0, 0.05) is 12.6 Å². The van der Waals surface area contributed by atoms with Gasteiger partial charge in [0.15, 0.2) is 0 Å². The van der Waals surface area contributed by atoms with Gasteiger partial charge in [-0.25, -0.2) is 0 Å². The lowest BCUT2D eigenvalue weighted by Gasteiger charge is -2.33. The van der Waals surface area contributed by atoms with Crippen LogP contribution in [0.3, 0.4) is 0 Å². The van der Waals surface area contributed by atoms with Crippen molar-refractivity contribution in [3.05, 3.63) is 0 Å². The van der Waals surface area contributed by atoms with Gasteiger partial charge in [-0.3, -0.25) is 4.79 Å². The third-order valence-corrected chi connectivity index (χ3v) is 4.17. The lowest BCUT2D eigenvalue weighted by atomic mass is 9.97. The van der Waals surface area contributed by atoms with Gasteiger partial charge >= 0.3 is 0 Å². The quantitative estimate of drug-likeness (QED) is 0.821. The zero-order chi connectivity index (χ0) is 12.8. The number of carbonyl (C=O) groups excluding carboxylic acids is 1. The summed E-state index contributed by atoms with van der Waals surface area (Å²) >= 11 is 0. The SMILES string of the molecule is CCC(C)C(N)C(=O)N1CCCCCC1CC. The van der Waals surface area contributed by atoms with Crippen LogP contribution in [0.4, 0.5) is 0 Å². The molecule has 3 unspecified atom stereocenters. The molecule has 1 saturated heterocycles. The van der Waals surface area contributed by atoms with E-state index in [1.807, 2.05) is 0 Å². The Labute approximate surface area is 106 Å². The lowest BCUT2D eigenvalue weighted by molar-refractivity contribution is -0.136. The molecule has 3 nitrogen and oxygen atoms in total. The summed E-state index contributed by atoms with van der Waals surface area (Å²) in [5.41, 5.74) is 6.08. The molecule has 1 rings (SSSR count). The maximum Gasteiger partial charge on any atom is 0.240 e. The van der Waals surface area contributed by atoms with Gasteiger partial charge in [0.1, 0.15) is 0 Å². The highest BCUT2D eigenvalue weighted by Crippen LogP contribution is 2.21. The van der Waals surface area contributed by atoms with Crippen LogP contribution in [-0.2, 0) is 4.79 Å². The van der Waals surface area contributed by atoms with Crippen LogP contribution in [0.5, 0.6) is 0 Å². The van der Waals surface area contributed by atoms with Gasteiger partial charge in [-0.05, 0) is 25.2 Å². The first-order chi connectivity index (χ1) is 8.11. The molecule has 3 heteroatoms. The van der Waals surface area contributed by atoms with Gasteiger partial charge < -0.3 is 10.6 Å². The molecule has 0 aromatic rings. The largest absolute Gasteiger partial charge is 0.338 e. The standard InChI is InChI=1S/C14H28N2O/c1-4-11(3)13(15)14(17)16-10-8-6-7-9-12(16)5-2/h11-13H,4-10,15H2,1-3H3. The normalized spacial score (nSPS) is 25.2. The van der Waals surface area contributed by atoms with Crippen LogP contribution in [0.15, 0.2) is 0 Å². The van der Waals surface area contributed by atoms with Crippen LogP contribution in [0, 0.1) is 5.92 Å². The molecule has 100 valence electrons. The Hall–Kier alpha value is -0.570. The Balaban J connectivity index is 2.69. The minimum atomic E-state index is -0.313. The van der Waals surface area contributed by atoms with Gasteiger partial charge in [0.25, 0.3) is 0 Å². The van der Waals surface area contributed by atoms with Gasteiger partial charge in [-0.2, -0.15) is 0 Å². The van der Waals surface area contributed by atoms with Crippen LogP contribution in [0.1, 0.15) is 59.3 Å². The minimum Gasteiger partial charge on any atom is -0.338 e. The number of nitrogens with two attached hydrogens (primary N) is 1. The molecular weight excluding hydrogens is 212 g/mol. The summed E-state index contributed by atoms with van der Waals surface area (Å²) in [6.07, 6.45) is 6.81. The van der Waals surface area contributed by atoms with Crippen LogP contribution >= 0.6 is 0 Å². The number of amides is 1. The molecule has 0 aromatic carbocycles. The first-order valence-corrected chi connectivity index (χ1v) is 7.17. The van der Waals surface area contributed by atoms with E-state index in [0.29, 0.717) is 6.04 Å². The summed E-state index contributed by atoms with van der Waals surface area (Å²) in [5, 5.41) is 0. The van der Waals surface area contributed by atoms with Gasteiger partial charge in [0.05, 0.1) is 6.04 Å². The second-order valence-corrected chi connectivity index (χ2v) is 5.35. The van der Waals surface area contributed by atoms with Crippen molar-refractivity contribution in [3.8, 4) is 0 Å². The van der Waals surface area contributed by atoms with E-state index in [2.05, 4.69) is 25.7 Å². The topological polar surface area (TPSA) is 46.3 Å². The molecular formula is C14H28N2O. The number of hydrogen-bond acceptors (Lipinski definition) is 2. The Morgan fingerprint density at radius 1 is 1.35 bits per heavy atom. The van der Waals surface area contributed by atoms with Crippen LogP contribution in [-0.4, -0.2) is 29.4 Å². The Morgan fingerprint density at radius 2 is 2.06 bits per heavy atom. The zero-order valence-electron chi connectivity index (χ0n) is 11.6. The summed E-state index contributed by atoms with van der Waals surface area (Å²) in [7, 11) is 0. The van der Waals surface area contributed by atoms with Crippen molar-refractivity contribution < 1.29 is 4.79 Å². The fourth-order valence-electron chi connectivity index (χ4n) is 2.58. The van der Waals surface area contributed by atoms with Crippen molar-refractivity contribution in [1.82, 2.24) is 4.90 Å². The zero-order valence-corrected chi connectivity index (χ0v) is 11.6. The van der Waals surface area contributed by atoms with Gasteiger partial charge in [-0.1, -0.05) is 40.0 Å². The van der Waals surface area contributed by atoms with Crippen LogP contribution in [0.2, 0.25) is 0 Å². The maximum absolute atomic E-state index is 12.4. The molecule has 1 heterocycles. The van der Waals surface area contributed by atoms with Crippen molar-refractivity contribution in [2.24, 2.45) is 11.7 Å². The van der Waals surface area contributed by atoms with E-state index in [4.69, 9.17) is 5.73 Å². The van der Waals surface area contributed by atoms with E-state index in [-0.39, 0.29) is 17.9 Å². The molecule has 1 fully saturated rings. The molecule has 0 radical (unpaired) electrons. The third kappa shape index (κ3) is 3.70. The molecule has 0 aromatic heterocycles. The second-order valence-electron chi connectivity index (χ2n) is 5.35. The predicted molar refractivity (Wildman–Crippen MR) is 71.7 cm³/mol. The maximum atomic E-state index is 12.4. The Morgan fingerprint density at radius 3 is 2.65 bits per heavy atom. The number of rotatable bonds is 4. The van der Waals surface area contributed by atoms with E-state index in [1.165, 1.54) is 12.8 Å². The van der Waals surface area contributed by atoms with E-state index in [1.54, 1.807) is 0 Å². The molecule has 2 N–H and O–H groups in total. The van der Waals surface area contributed by atoms with Crippen molar-refractivity contribution in [2.75, 3.05) is 6.54 Å². The van der Waals surface area contributed by atoms with Crippen LogP contribution in [0.25, 0.3) is 0 Å². The highest BCUT2D eigenvalue weighted by molar-refractivity contribution is 5.82. The van der Waals surface area contributed by atoms with Crippen molar-refractivity contribution in [3.63, 3.8) is 0 Å². The summed E-state index contributed by atoms with van der Waals surface area (Å²) < 4.78 is 0. The van der Waals surface area contributed by atoms with Gasteiger partial charge in [0.2, 0.25) is 5.91 Å². The van der Waals surface area contributed by atoms with E-state index >= 15 is 0 Å². The third-order valence-electron chi connectivity index (χ3n) is 4.17. The van der Waals surface area contributed by atoms with Crippen molar-refractivity contribution in [2.45, 2.75) is 71.4 Å². The lowest BCUT2D eigenvalue weighted by Crippen LogP contribution is -2.50. The average Bonchev–Trinajstić information content (AvgIpc) is 2.60. The van der Waals surface area contributed by atoms with Crippen LogP contribution < -0.4 is 5.73 Å². The first kappa shape index (κ1) is 14.5. The Kier molecular flexibility index (Phi) is 5.96. The highest BCUT2D eigenvalue weighted by atomic mass is 16.2. The molecule has 1 aliphatic rings. The highest BCUT2D eigenvalue weighted by Gasteiger charge is 2.29. The smallest absolute Gasteiger partial charge is 0.240 e. The number of likely N-dealkylation sites (tertiary alicyclic amines) is 1. The fourth-order valence-corrected chi connectivity index (χ4v) is 2.58. The van der Waals surface area contributed by atoms with E-state index in [0.717, 1.165) is 32.2 Å². The molecule has 0 bridgehead atoms. The molecule has 3 atom stereocenters. The van der Waals surface area contributed by atoms with E-state index < -0.39 is 0 Å². The molecule has 0 saturated carbocycles. The predicted octanol–water partition coefficient (Wildman–Crippen LogP) is 2.54. The number of nitrogens with zero attached hydrogens (tertiary/aromatic N) is 1. The Bertz CT molecular complexity index is 242. The fraction of sp³-hybridized carbons (Fsp3) is 0.929. The second kappa shape index (κ2) is 7.00. The summed E-state index contributed by atoms with van der Waals surface area (Å²) in [5.74, 6) is 0.455. The number of carbonyl (C=O) groups is 1. The van der Waals surface area contributed by atoms with Gasteiger partial charge in [-0.15, -0.1) is 0 Å². The summed E-state index contributed by atoms with van der Waals surface area (Å²) in [6.45, 7) is 7.24. The molecule has 1 aliphatic heterocycles. The van der Waals surface area contributed by atoms with Crippen molar-refractivity contribution in [1.29, 1.82) is 0 Å². The molecule has 0 spiro atoms. The molecule has 17 heavy (non-hydrogen) atoms. The first-order valence-electron chi connectivity index (χ1n) is 7.17. The summed E-state index contributed by atoms with van der Waals surface area (Å²) in [6, 6.07) is 0.104. The summed E-state index contributed by atoms with van der Waals surface area (Å²) in [4.78, 5) is 14.5. The number of hydrogen-bond donors (Lipinski definition) is 1. The average molecular weight is 240 g/mol. The van der Waals surface area contributed by atoms with E-state index in [9.17, 15) is 4.79 Å². The molecule has 1 amide bonds. The molecule has 0 aliphatic carbocycles. The minimum absolute atomic E-state index is 0.174. The monoisotopic (exact) mass is 240 g/mol.